The summed E-state index contributed by atoms with van der Waals surface area (Å²) in [7, 11) is 0. The van der Waals surface area contributed by atoms with Crippen LogP contribution in [0.2, 0.25) is 0 Å². The summed E-state index contributed by atoms with van der Waals surface area (Å²) in [6.07, 6.45) is 5.41. The van der Waals surface area contributed by atoms with Gasteiger partial charge in [0.15, 0.2) is 0 Å². The Morgan fingerprint density at radius 3 is 2.23 bits per heavy atom. The highest BCUT2D eigenvalue weighted by Crippen LogP contribution is 2.67. The van der Waals surface area contributed by atoms with E-state index < -0.39 is 0 Å². The van der Waals surface area contributed by atoms with Crippen LogP contribution in [-0.4, -0.2) is 0 Å². The van der Waals surface area contributed by atoms with E-state index in [0.717, 1.165) is 39.5 Å². The quantitative estimate of drug-likeness (QED) is 0.214. The molecular weight excluding hydrogens is 522 g/mol. The molecule has 2 fully saturated rings. The third-order valence-electron chi connectivity index (χ3n) is 10.9. The van der Waals surface area contributed by atoms with Gasteiger partial charge in [-0.3, -0.25) is 0 Å². The van der Waals surface area contributed by atoms with Gasteiger partial charge in [0, 0.05) is 39.2 Å². The molecule has 43 heavy (non-hydrogen) atoms. The van der Waals surface area contributed by atoms with Crippen LogP contribution in [0.1, 0.15) is 63.1 Å². The van der Waals surface area contributed by atoms with Crippen molar-refractivity contribution >= 4 is 39.0 Å². The molecule has 3 unspecified atom stereocenters. The van der Waals surface area contributed by atoms with Gasteiger partial charge in [0.05, 0.1) is 5.69 Å². The van der Waals surface area contributed by atoms with E-state index in [9.17, 15) is 0 Å². The van der Waals surface area contributed by atoms with Gasteiger partial charge in [0.2, 0.25) is 0 Å². The number of anilines is 3. The third-order valence-corrected chi connectivity index (χ3v) is 10.9. The highest BCUT2D eigenvalue weighted by atomic mass is 16.3. The van der Waals surface area contributed by atoms with Gasteiger partial charge in [0.25, 0.3) is 0 Å². The second-order valence-electron chi connectivity index (χ2n) is 14.2. The van der Waals surface area contributed by atoms with Crippen LogP contribution < -0.4 is 4.90 Å². The highest BCUT2D eigenvalue weighted by Gasteiger charge is 2.57. The van der Waals surface area contributed by atoms with Crippen LogP contribution in [0.5, 0.6) is 0 Å². The number of hydrogen-bond acceptors (Lipinski definition) is 2. The van der Waals surface area contributed by atoms with Gasteiger partial charge < -0.3 is 9.32 Å². The molecule has 6 aromatic rings. The molecule has 0 N–H and O–H groups in total. The summed E-state index contributed by atoms with van der Waals surface area (Å²) < 4.78 is 6.41. The van der Waals surface area contributed by atoms with Gasteiger partial charge in [-0.05, 0) is 95.2 Å². The molecule has 1 spiro atoms. The number of rotatable bonds is 3. The van der Waals surface area contributed by atoms with E-state index in [4.69, 9.17) is 4.42 Å². The maximum atomic E-state index is 6.41. The van der Waals surface area contributed by atoms with Crippen LogP contribution in [0.4, 0.5) is 17.1 Å². The zero-order valence-electron chi connectivity index (χ0n) is 25.2. The van der Waals surface area contributed by atoms with Crippen molar-refractivity contribution in [3.63, 3.8) is 0 Å². The lowest BCUT2D eigenvalue weighted by molar-refractivity contribution is 0.327. The number of para-hydroxylation sites is 1. The predicted octanol–water partition coefficient (Wildman–Crippen LogP) is 11.4. The predicted molar refractivity (Wildman–Crippen MR) is 179 cm³/mol. The lowest BCUT2D eigenvalue weighted by atomic mass is 9.67. The van der Waals surface area contributed by atoms with Gasteiger partial charge >= 0.3 is 0 Å². The van der Waals surface area contributed by atoms with Crippen LogP contribution in [0.25, 0.3) is 33.1 Å². The first kappa shape index (κ1) is 25.2. The summed E-state index contributed by atoms with van der Waals surface area (Å²) in [6, 6.07) is 40.7. The van der Waals surface area contributed by atoms with Crippen LogP contribution in [0.15, 0.2) is 114 Å². The first-order valence-corrected chi connectivity index (χ1v) is 16.0. The molecule has 2 saturated carbocycles. The summed E-state index contributed by atoms with van der Waals surface area (Å²) in [5.74, 6) is 1.59. The van der Waals surface area contributed by atoms with E-state index >= 15 is 0 Å². The van der Waals surface area contributed by atoms with E-state index in [0.29, 0.717) is 0 Å². The topological polar surface area (TPSA) is 16.4 Å². The number of hydrogen-bond donors (Lipinski definition) is 0. The average Bonchev–Trinajstić information content (AvgIpc) is 3.79. The van der Waals surface area contributed by atoms with Crippen molar-refractivity contribution in [2.75, 3.05) is 4.90 Å². The molecule has 0 amide bonds. The van der Waals surface area contributed by atoms with E-state index in [1.807, 2.05) is 6.07 Å². The molecule has 212 valence electrons. The van der Waals surface area contributed by atoms with E-state index in [2.05, 4.69) is 129 Å². The Bertz CT molecular complexity index is 2040. The summed E-state index contributed by atoms with van der Waals surface area (Å²) in [6.45, 7) is 6.85. The second kappa shape index (κ2) is 8.86. The molecule has 3 aliphatic carbocycles. The van der Waals surface area contributed by atoms with Gasteiger partial charge in [-0.2, -0.15) is 0 Å². The fourth-order valence-corrected chi connectivity index (χ4v) is 9.00. The summed E-state index contributed by atoms with van der Waals surface area (Å²) >= 11 is 0. The van der Waals surface area contributed by atoms with Crippen LogP contribution in [0.3, 0.4) is 0 Å². The smallest absolute Gasteiger partial charge is 0.137 e. The zero-order valence-corrected chi connectivity index (χ0v) is 25.2. The Morgan fingerprint density at radius 1 is 0.698 bits per heavy atom. The molecule has 2 bridgehead atoms. The van der Waals surface area contributed by atoms with Gasteiger partial charge in [-0.15, -0.1) is 0 Å². The molecule has 3 aliphatic rings. The van der Waals surface area contributed by atoms with Crippen LogP contribution >= 0.6 is 0 Å². The third kappa shape index (κ3) is 3.53. The van der Waals surface area contributed by atoms with Crippen molar-refractivity contribution in [1.82, 2.24) is 0 Å². The monoisotopic (exact) mass is 559 g/mol. The zero-order chi connectivity index (χ0) is 28.9. The van der Waals surface area contributed by atoms with Crippen molar-refractivity contribution in [1.29, 1.82) is 0 Å². The molecule has 9 rings (SSSR count). The Morgan fingerprint density at radius 2 is 1.44 bits per heavy atom. The largest absolute Gasteiger partial charge is 0.456 e. The van der Waals surface area contributed by atoms with E-state index in [1.54, 1.807) is 11.1 Å². The summed E-state index contributed by atoms with van der Waals surface area (Å²) in [5, 5.41) is 2.32. The van der Waals surface area contributed by atoms with Crippen molar-refractivity contribution < 1.29 is 4.42 Å². The maximum Gasteiger partial charge on any atom is 0.137 e. The molecule has 2 heteroatoms. The van der Waals surface area contributed by atoms with Gasteiger partial charge in [0.1, 0.15) is 11.2 Å². The van der Waals surface area contributed by atoms with Crippen molar-refractivity contribution in [3.8, 4) is 11.1 Å². The molecule has 1 aromatic heterocycles. The molecule has 2 nitrogen and oxygen atoms in total. The van der Waals surface area contributed by atoms with E-state index in [-0.39, 0.29) is 10.8 Å². The number of furan rings is 1. The van der Waals surface area contributed by atoms with E-state index in [1.165, 1.54) is 53.7 Å². The molecule has 5 aromatic carbocycles. The fraction of sp³-hybridized carbons (Fsp3) is 0.268. The highest BCUT2D eigenvalue weighted by molar-refractivity contribution is 6.06. The second-order valence-corrected chi connectivity index (χ2v) is 14.2. The Labute approximate surface area is 254 Å². The van der Waals surface area contributed by atoms with Crippen LogP contribution in [-0.2, 0) is 10.8 Å². The van der Waals surface area contributed by atoms with Gasteiger partial charge in [-0.25, -0.2) is 0 Å². The SMILES string of the molecule is CC(C)(C)c1ccc(N(c2ccc3c(c2)oc2ccccc23)c2cccc3c2-c2ccccc2C32CC3CCC2C3)cc1. The Balaban J connectivity index is 1.29. The molecule has 1 heterocycles. The lowest BCUT2D eigenvalue weighted by Gasteiger charge is -2.37. The normalized spacial score (nSPS) is 22.0. The summed E-state index contributed by atoms with van der Waals surface area (Å²) in [4.78, 5) is 2.47. The lowest BCUT2D eigenvalue weighted by Crippen LogP contribution is -2.31. The molecule has 0 aliphatic heterocycles. The van der Waals surface area contributed by atoms with Crippen LogP contribution in [0, 0.1) is 11.8 Å². The molecule has 3 atom stereocenters. The first-order chi connectivity index (χ1) is 20.9. The maximum absolute atomic E-state index is 6.41. The minimum atomic E-state index is 0.0949. The standard InChI is InChI=1S/C41H37NO/c1-40(2,3)27-17-19-29(20-18-27)42(30-21-22-32-31-9-5-7-14-37(31)43-38(32)24-30)36-13-8-12-35-39(36)33-10-4-6-11-34(33)41(35)25-26-15-16-28(41)23-26/h4-14,17-22,24,26,28H,15-16,23,25H2,1-3H3. The van der Waals surface area contributed by atoms with Gasteiger partial charge in [-0.1, -0.05) is 93.9 Å². The Kier molecular flexibility index (Phi) is 5.20. The number of nitrogens with zero attached hydrogens (tertiary/aromatic N) is 1. The molecular formula is C41H37NO. The Hall–Kier alpha value is -4.30. The van der Waals surface area contributed by atoms with Crippen molar-refractivity contribution in [2.45, 2.75) is 57.3 Å². The van der Waals surface area contributed by atoms with Crippen molar-refractivity contribution in [3.05, 3.63) is 126 Å². The minimum Gasteiger partial charge on any atom is -0.456 e. The molecule has 0 radical (unpaired) electrons. The number of fused-ring (bicyclic) bond motifs is 11. The number of benzene rings is 5. The minimum absolute atomic E-state index is 0.0949. The average molecular weight is 560 g/mol. The van der Waals surface area contributed by atoms with Crippen molar-refractivity contribution in [2.24, 2.45) is 11.8 Å². The molecule has 0 saturated heterocycles. The summed E-state index contributed by atoms with van der Waals surface area (Å²) in [5.41, 5.74) is 12.9. The fourth-order valence-electron chi connectivity index (χ4n) is 9.00. The first-order valence-electron chi connectivity index (χ1n) is 16.0.